The summed E-state index contributed by atoms with van der Waals surface area (Å²) in [5.74, 6) is -8.86. The van der Waals surface area contributed by atoms with Gasteiger partial charge in [0.25, 0.3) is 11.7 Å². The van der Waals surface area contributed by atoms with Gasteiger partial charge in [0.15, 0.2) is 0 Å². The Morgan fingerprint density at radius 2 is 1.75 bits per heavy atom. The van der Waals surface area contributed by atoms with E-state index in [1.54, 1.807) is 0 Å². The Morgan fingerprint density at radius 3 is 2.17 bits per heavy atom. The molecular weight excluding hydrogens is 357 g/mol. The molecule has 0 saturated carbocycles. The van der Waals surface area contributed by atoms with E-state index >= 15 is 0 Å². The summed E-state index contributed by atoms with van der Waals surface area (Å²) in [5, 5.41) is 8.93. The highest BCUT2D eigenvalue weighted by atomic mass is 32.2. The Kier molecular flexibility index (Phi) is 5.36. The first-order valence-corrected chi connectivity index (χ1v) is 7.61. The van der Waals surface area contributed by atoms with Crippen molar-refractivity contribution < 1.29 is 36.6 Å². The number of likely N-dealkylation sites (tertiary alicyclic amines) is 1. The molecule has 2 atom stereocenters. The largest absolute Gasteiger partial charge is 0.481 e. The summed E-state index contributed by atoms with van der Waals surface area (Å²) in [6.45, 7) is -1.29. The highest BCUT2D eigenvalue weighted by molar-refractivity contribution is 7.99. The molecule has 0 spiro atoms. The predicted octanol–water partition coefficient (Wildman–Crippen LogP) is 3.34. The number of carboxylic acid groups (broad SMARTS) is 1. The van der Waals surface area contributed by atoms with E-state index in [4.69, 9.17) is 5.11 Å². The van der Waals surface area contributed by atoms with Gasteiger partial charge in [0.1, 0.15) is 0 Å². The van der Waals surface area contributed by atoms with Gasteiger partial charge < -0.3 is 10.0 Å². The van der Waals surface area contributed by atoms with Gasteiger partial charge in [-0.2, -0.15) is 22.0 Å². The number of hydrogen-bond donors (Lipinski definition) is 1. The zero-order valence-corrected chi connectivity index (χ0v) is 12.8. The lowest BCUT2D eigenvalue weighted by Crippen LogP contribution is -2.34. The van der Waals surface area contributed by atoms with Crippen LogP contribution in [0, 0.1) is 11.8 Å². The van der Waals surface area contributed by atoms with Crippen molar-refractivity contribution >= 4 is 23.6 Å². The second-order valence-corrected chi connectivity index (χ2v) is 6.27. The molecule has 1 heterocycles. The molecule has 1 aliphatic rings. The summed E-state index contributed by atoms with van der Waals surface area (Å²) in [7, 11) is 0. The Bertz CT molecular complexity index is 620. The van der Waals surface area contributed by atoms with Gasteiger partial charge in [-0.15, -0.1) is 0 Å². The topological polar surface area (TPSA) is 57.6 Å². The molecule has 132 valence electrons. The number of hydrogen-bond acceptors (Lipinski definition) is 3. The third-order valence-corrected chi connectivity index (χ3v) is 4.39. The first kappa shape index (κ1) is 18.5. The summed E-state index contributed by atoms with van der Waals surface area (Å²) in [6, 6.07) is 4.97. The Hall–Kier alpha value is -1.84. The molecular formula is C14H12F5NO3S. The lowest BCUT2D eigenvalue weighted by Gasteiger charge is -2.18. The molecule has 4 nitrogen and oxygen atoms in total. The summed E-state index contributed by atoms with van der Waals surface area (Å²) in [6.07, 6.45) is -4.73. The van der Waals surface area contributed by atoms with Crippen molar-refractivity contribution in [1.29, 1.82) is 0 Å². The molecule has 24 heavy (non-hydrogen) atoms. The molecule has 1 aromatic carbocycles. The van der Waals surface area contributed by atoms with E-state index in [0.717, 1.165) is 4.90 Å². The van der Waals surface area contributed by atoms with Crippen LogP contribution in [0.2, 0.25) is 0 Å². The van der Waals surface area contributed by atoms with E-state index in [1.807, 2.05) is 0 Å². The Morgan fingerprint density at radius 1 is 1.17 bits per heavy atom. The number of amides is 1. The smallest absolute Gasteiger partial charge is 0.394 e. The normalized spacial score (nSPS) is 21.3. The molecule has 1 aliphatic heterocycles. The van der Waals surface area contributed by atoms with Gasteiger partial charge in [-0.05, 0) is 24.3 Å². The minimum absolute atomic E-state index is 0.0144. The number of alkyl halides is 5. The fourth-order valence-electron chi connectivity index (χ4n) is 2.51. The molecule has 1 amide bonds. The van der Waals surface area contributed by atoms with E-state index < -0.39 is 48.7 Å². The van der Waals surface area contributed by atoms with Crippen molar-refractivity contribution in [2.75, 3.05) is 13.1 Å². The molecule has 0 radical (unpaired) electrons. The molecule has 1 aromatic rings. The van der Waals surface area contributed by atoms with Gasteiger partial charge in [0, 0.05) is 23.5 Å². The molecule has 0 aliphatic carbocycles. The number of carbonyl (C=O) groups is 2. The quantitative estimate of drug-likeness (QED) is 0.653. The summed E-state index contributed by atoms with van der Waals surface area (Å²) < 4.78 is 63.2. The van der Waals surface area contributed by atoms with Crippen molar-refractivity contribution in [2.45, 2.75) is 16.8 Å². The van der Waals surface area contributed by atoms with Gasteiger partial charge >= 0.3 is 12.1 Å². The number of carbonyl (C=O) groups excluding carboxylic acids is 1. The maximum atomic E-state index is 12.9. The van der Waals surface area contributed by atoms with Crippen LogP contribution >= 0.6 is 11.8 Å². The summed E-state index contributed by atoms with van der Waals surface area (Å²) >= 11 is 0.274. The van der Waals surface area contributed by atoms with Crippen LogP contribution < -0.4 is 0 Å². The van der Waals surface area contributed by atoms with Crippen LogP contribution in [-0.4, -0.2) is 46.9 Å². The first-order valence-electron chi connectivity index (χ1n) is 6.73. The third kappa shape index (κ3) is 4.16. The Balaban J connectivity index is 2.14. The van der Waals surface area contributed by atoms with Crippen LogP contribution in [0.4, 0.5) is 22.0 Å². The van der Waals surface area contributed by atoms with Gasteiger partial charge in [0.2, 0.25) is 0 Å². The van der Waals surface area contributed by atoms with Crippen molar-refractivity contribution in [1.82, 2.24) is 4.90 Å². The Labute approximate surface area is 137 Å². The number of aliphatic carboxylic acids is 1. The SMILES string of the molecule is O=C(O)[C@@H]1CN(C(=O)c2ccc(SC(F)F)cc2)C[C@H]1C(F)(F)F. The van der Waals surface area contributed by atoms with Gasteiger partial charge in [0.05, 0.1) is 11.8 Å². The fourth-order valence-corrected chi connectivity index (χ4v) is 3.01. The molecule has 0 bridgehead atoms. The van der Waals surface area contributed by atoms with Crippen molar-refractivity contribution in [2.24, 2.45) is 11.8 Å². The number of carboxylic acids is 1. The van der Waals surface area contributed by atoms with Gasteiger partial charge in [-0.3, -0.25) is 9.59 Å². The zero-order valence-electron chi connectivity index (χ0n) is 12.0. The molecule has 1 saturated heterocycles. The monoisotopic (exact) mass is 369 g/mol. The lowest BCUT2D eigenvalue weighted by atomic mass is 9.96. The van der Waals surface area contributed by atoms with E-state index in [-0.39, 0.29) is 22.2 Å². The third-order valence-electron chi connectivity index (χ3n) is 3.67. The number of nitrogens with zero attached hydrogens (tertiary/aromatic N) is 1. The standard InChI is InChI=1S/C14H12F5NO3S/c15-13(16)24-8-3-1-7(2-4-8)11(21)20-5-9(12(22)23)10(6-20)14(17,18)19/h1-4,9-10,13H,5-6H2,(H,22,23)/t9-,10-/m1/s1. The molecule has 0 aromatic heterocycles. The minimum Gasteiger partial charge on any atom is -0.481 e. The van der Waals surface area contributed by atoms with Crippen LogP contribution in [-0.2, 0) is 4.79 Å². The minimum atomic E-state index is -4.73. The van der Waals surface area contributed by atoms with E-state index in [1.165, 1.54) is 24.3 Å². The fraction of sp³-hybridized carbons (Fsp3) is 0.429. The van der Waals surface area contributed by atoms with E-state index in [2.05, 4.69) is 0 Å². The van der Waals surface area contributed by atoms with Gasteiger partial charge in [-0.25, -0.2) is 0 Å². The average molecular weight is 369 g/mol. The molecule has 1 N–H and O–H groups in total. The van der Waals surface area contributed by atoms with Crippen LogP contribution in [0.15, 0.2) is 29.2 Å². The summed E-state index contributed by atoms with van der Waals surface area (Å²) in [5.41, 5.74) is 0.0144. The number of halogens is 5. The van der Waals surface area contributed by atoms with Crippen molar-refractivity contribution in [3.05, 3.63) is 29.8 Å². The number of benzene rings is 1. The molecule has 2 rings (SSSR count). The molecule has 0 unspecified atom stereocenters. The number of rotatable bonds is 4. The van der Waals surface area contributed by atoms with Crippen molar-refractivity contribution in [3.8, 4) is 0 Å². The highest BCUT2D eigenvalue weighted by Gasteiger charge is 2.53. The van der Waals surface area contributed by atoms with E-state index in [9.17, 15) is 31.5 Å². The van der Waals surface area contributed by atoms with Crippen LogP contribution in [0.5, 0.6) is 0 Å². The second kappa shape index (κ2) is 6.96. The lowest BCUT2D eigenvalue weighted by molar-refractivity contribution is -0.187. The van der Waals surface area contributed by atoms with E-state index in [0.29, 0.717) is 0 Å². The van der Waals surface area contributed by atoms with Crippen molar-refractivity contribution in [3.63, 3.8) is 0 Å². The maximum Gasteiger partial charge on any atom is 0.394 e. The predicted molar refractivity (Wildman–Crippen MR) is 74.9 cm³/mol. The molecule has 1 fully saturated rings. The summed E-state index contributed by atoms with van der Waals surface area (Å²) in [4.78, 5) is 24.3. The van der Waals surface area contributed by atoms with Crippen LogP contribution in [0.25, 0.3) is 0 Å². The highest BCUT2D eigenvalue weighted by Crippen LogP contribution is 2.38. The number of thioether (sulfide) groups is 1. The average Bonchev–Trinajstić information content (AvgIpc) is 2.92. The second-order valence-electron chi connectivity index (χ2n) is 5.21. The van der Waals surface area contributed by atoms with Crippen LogP contribution in [0.1, 0.15) is 10.4 Å². The molecule has 10 heteroatoms. The van der Waals surface area contributed by atoms with Gasteiger partial charge in [-0.1, -0.05) is 11.8 Å². The van der Waals surface area contributed by atoms with Crippen LogP contribution in [0.3, 0.4) is 0 Å². The zero-order chi connectivity index (χ0) is 18.1. The maximum absolute atomic E-state index is 12.9. The first-order chi connectivity index (χ1) is 11.1.